The van der Waals surface area contributed by atoms with Crippen molar-refractivity contribution in [2.45, 2.75) is 19.6 Å². The zero-order valence-electron chi connectivity index (χ0n) is 41.0. The van der Waals surface area contributed by atoms with Crippen LogP contribution in [0.15, 0.2) is 301 Å². The average molecular weight is 990 g/mol. The van der Waals surface area contributed by atoms with Gasteiger partial charge in [-0.05, 0) is 77.5 Å². The lowest BCUT2D eigenvalue weighted by Gasteiger charge is -1.92. The lowest BCUT2D eigenvalue weighted by molar-refractivity contribution is 0.133. The first-order valence-corrected chi connectivity index (χ1v) is 23.7. The number of H-pyrrole nitrogens is 1. The number of furan rings is 1. The van der Waals surface area contributed by atoms with Crippen molar-refractivity contribution in [3.8, 4) is 0 Å². The second-order valence-corrected chi connectivity index (χ2v) is 15.0. The van der Waals surface area contributed by atoms with Crippen molar-refractivity contribution in [2.75, 3.05) is 0 Å². The Morgan fingerprint density at radius 3 is 1.39 bits per heavy atom. The van der Waals surface area contributed by atoms with E-state index in [0.717, 1.165) is 40.7 Å². The number of nitrogens with zero attached hydrogens (tertiary/aromatic N) is 10. The van der Waals surface area contributed by atoms with E-state index in [2.05, 4.69) is 139 Å². The number of allylic oxidation sites excluding steroid dienone is 1. The van der Waals surface area contributed by atoms with Crippen LogP contribution in [0.4, 0.5) is 0 Å². The summed E-state index contributed by atoms with van der Waals surface area (Å²) in [5, 5.41) is 22.8. The molecule has 10 heterocycles. The van der Waals surface area contributed by atoms with Crippen molar-refractivity contribution in [3.05, 3.63) is 298 Å². The fourth-order valence-electron chi connectivity index (χ4n) is 6.26. The number of pyridine rings is 3. The summed E-state index contributed by atoms with van der Waals surface area (Å²) in [5.41, 5.74) is 5.41. The Bertz CT molecular complexity index is 2910. The molecule has 0 saturated carbocycles. The normalized spacial score (nSPS) is 10.6. The number of para-hydroxylation sites is 3. The van der Waals surface area contributed by atoms with Gasteiger partial charge in [-0.2, -0.15) is 15.3 Å². The van der Waals surface area contributed by atoms with Crippen molar-refractivity contribution in [2.24, 2.45) is 4.99 Å². The summed E-state index contributed by atoms with van der Waals surface area (Å²) < 4.78 is 14.6. The summed E-state index contributed by atoms with van der Waals surface area (Å²) >= 11 is 0. The maximum atomic E-state index is 5.15. The van der Waals surface area contributed by atoms with Crippen LogP contribution in [0.5, 0.6) is 0 Å². The molecule has 372 valence electrons. The van der Waals surface area contributed by atoms with Crippen LogP contribution in [0.2, 0.25) is 0 Å². The van der Waals surface area contributed by atoms with Crippen LogP contribution >= 0.6 is 0 Å². The number of nitrogens with one attached hydrogen (secondary N) is 1. The molecule has 0 spiro atoms. The monoisotopic (exact) mass is 989 g/mol. The van der Waals surface area contributed by atoms with Crippen molar-refractivity contribution >= 4 is 49.8 Å². The molecule has 75 heavy (non-hydrogen) atoms. The molecule has 0 fully saturated rings. The van der Waals surface area contributed by atoms with E-state index in [-0.39, 0.29) is 0 Å². The average Bonchev–Trinajstić information content (AvgIpc) is 4.39. The van der Waals surface area contributed by atoms with E-state index in [1.165, 1.54) is 33.4 Å². The highest BCUT2D eigenvalue weighted by Crippen LogP contribution is 2.16. The van der Waals surface area contributed by atoms with Crippen LogP contribution in [-0.2, 0) is 18.0 Å². The Morgan fingerprint density at radius 1 is 0.413 bits per heavy atom. The lowest BCUT2D eigenvalue weighted by atomic mass is 10.1. The fraction of sp³-hybridized carbons (Fsp3) is 0.0492. The van der Waals surface area contributed by atoms with Gasteiger partial charge in [0.1, 0.15) is 11.8 Å². The first-order valence-electron chi connectivity index (χ1n) is 23.7. The molecule has 0 unspecified atom stereocenters. The van der Waals surface area contributed by atoms with E-state index < -0.39 is 0 Å². The zero-order valence-corrected chi connectivity index (χ0v) is 41.0. The minimum Gasteiger partial charge on any atom is -0.464 e. The van der Waals surface area contributed by atoms with E-state index in [4.69, 9.17) is 9.15 Å². The Morgan fingerprint density at radius 2 is 0.973 bits per heavy atom. The molecule has 0 bridgehead atoms. The first-order chi connectivity index (χ1) is 37.3. The molecule has 0 aliphatic carbocycles. The van der Waals surface area contributed by atoms with Crippen molar-refractivity contribution in [3.63, 3.8) is 0 Å². The Hall–Kier alpha value is -10.2. The minimum absolute atomic E-state index is 0.691. The van der Waals surface area contributed by atoms with E-state index >= 15 is 0 Å². The second-order valence-electron chi connectivity index (χ2n) is 15.0. The molecule has 13 aromatic rings. The smallest absolute Gasteiger partial charge is 0.133 e. The van der Waals surface area contributed by atoms with E-state index in [0.29, 0.717) is 6.61 Å². The van der Waals surface area contributed by atoms with Gasteiger partial charge in [-0.3, -0.25) is 35.0 Å². The van der Waals surface area contributed by atoms with Crippen molar-refractivity contribution in [1.29, 1.82) is 0 Å². The standard InChI is InChI=1S/C10H8.2C9H7N.C8H6O.C7H7NO.2C4H4N2.C4H5N.C3H4N2.C3H3NO/c1-2-6-10-8-4-3-7-9(10)5-1;2*1-2-6-9-8(4-1)5-3-7-10-9;1-2-4-8-7(3-1)5-6-9-8;1-2-6-4-9-5-7(6)8-3-1;1-2-6-4-3-5-1;1-2-4-6-5-3-1;3*1-2-4-5-3-1/h1-8H;2*1-7H;1-6H;1-3H,4-5H2;2*1-4H;1,3-4H,2H2;1-3H,(H,4,5);1-3H. The molecule has 14 nitrogen and oxygen atoms in total. The topological polar surface area (TPSA) is 180 Å². The molecular weight excluding hydrogens is 935 g/mol. The van der Waals surface area contributed by atoms with Crippen molar-refractivity contribution in [1.82, 2.24) is 50.5 Å². The van der Waals surface area contributed by atoms with Gasteiger partial charge in [0.2, 0.25) is 0 Å². The third-order valence-corrected chi connectivity index (χ3v) is 9.78. The van der Waals surface area contributed by atoms with Crippen LogP contribution in [-0.4, -0.2) is 56.7 Å². The molecule has 0 radical (unpaired) electrons. The summed E-state index contributed by atoms with van der Waals surface area (Å²) in [6.07, 6.45) is 30.2. The van der Waals surface area contributed by atoms with Gasteiger partial charge in [0, 0.05) is 109 Å². The highest BCUT2D eigenvalue weighted by Gasteiger charge is 2.09. The molecule has 2 aliphatic heterocycles. The van der Waals surface area contributed by atoms with Crippen LogP contribution in [0.3, 0.4) is 0 Å². The molecule has 0 saturated heterocycles. The van der Waals surface area contributed by atoms with E-state index in [1.54, 1.807) is 80.5 Å². The summed E-state index contributed by atoms with van der Waals surface area (Å²) in [6.45, 7) is 1.43. The Balaban J connectivity index is 0.000000137. The number of rotatable bonds is 0. The fourth-order valence-corrected chi connectivity index (χ4v) is 6.26. The zero-order chi connectivity index (χ0) is 51.7. The molecule has 0 amide bonds. The molecule has 14 heteroatoms. The van der Waals surface area contributed by atoms with Gasteiger partial charge in [-0.15, -0.1) is 0 Å². The molecule has 5 aromatic carbocycles. The third kappa shape index (κ3) is 22.2. The second kappa shape index (κ2) is 35.0. The van der Waals surface area contributed by atoms with Crippen LogP contribution in [0, 0.1) is 0 Å². The van der Waals surface area contributed by atoms with Gasteiger partial charge in [0.05, 0.1) is 42.4 Å². The lowest BCUT2D eigenvalue weighted by Crippen LogP contribution is -1.83. The predicted molar refractivity (Wildman–Crippen MR) is 298 cm³/mol. The summed E-state index contributed by atoms with van der Waals surface area (Å²) in [4.78, 5) is 23.7. The summed E-state index contributed by atoms with van der Waals surface area (Å²) in [6, 6.07) is 62.0. The maximum Gasteiger partial charge on any atom is 0.133 e. The molecular formula is C61H55N11O3. The number of fused-ring (bicyclic) bond motifs is 5. The molecule has 15 rings (SSSR count). The Labute approximate surface area is 435 Å². The number of aromatic nitrogens is 10. The van der Waals surface area contributed by atoms with Gasteiger partial charge in [-0.25, -0.2) is 0 Å². The third-order valence-electron chi connectivity index (χ3n) is 9.78. The minimum atomic E-state index is 0.691. The maximum absolute atomic E-state index is 5.15. The number of hydrogen-bond donors (Lipinski definition) is 1. The molecule has 8 aromatic heterocycles. The number of hydrogen-bond acceptors (Lipinski definition) is 13. The highest BCUT2D eigenvalue weighted by molar-refractivity contribution is 5.82. The Kier molecular flexibility index (Phi) is 25.3. The van der Waals surface area contributed by atoms with Gasteiger partial charge in [-0.1, -0.05) is 133 Å². The van der Waals surface area contributed by atoms with Gasteiger partial charge < -0.3 is 13.7 Å². The number of ether oxygens (including phenoxy) is 1. The van der Waals surface area contributed by atoms with E-state index in [1.807, 2.05) is 128 Å². The van der Waals surface area contributed by atoms with Crippen LogP contribution in [0.1, 0.15) is 17.7 Å². The van der Waals surface area contributed by atoms with Crippen LogP contribution < -0.4 is 0 Å². The summed E-state index contributed by atoms with van der Waals surface area (Å²) in [7, 11) is 0. The largest absolute Gasteiger partial charge is 0.464 e. The van der Waals surface area contributed by atoms with E-state index in [9.17, 15) is 0 Å². The predicted octanol–water partition coefficient (Wildman–Crippen LogP) is 13.9. The number of benzene rings is 5. The van der Waals surface area contributed by atoms with Gasteiger partial charge >= 0.3 is 0 Å². The van der Waals surface area contributed by atoms with Crippen molar-refractivity contribution < 1.29 is 13.7 Å². The number of aliphatic imine (C=N–C) groups is 1. The number of aromatic amines is 1. The first kappa shape index (κ1) is 54.2. The molecule has 1 N–H and O–H groups in total. The van der Waals surface area contributed by atoms with Crippen LogP contribution in [0.25, 0.3) is 43.5 Å². The SMILES string of the molecule is C1=CN=CC1.c1ccc2ccccc2c1.c1ccc2ncccc2c1.c1ccc2ncccc2c1.c1ccc2occc2c1.c1ccnnc1.c1cn[nH]c1.c1cnc2c(c1)COC2.c1cnccn1.c1cnoc1. The molecule has 0 atom stereocenters. The van der Waals surface area contributed by atoms with Gasteiger partial charge in [0.25, 0.3) is 0 Å². The quantitative estimate of drug-likeness (QED) is 0.152. The summed E-state index contributed by atoms with van der Waals surface area (Å²) in [5.74, 6) is 0. The highest BCUT2D eigenvalue weighted by atomic mass is 16.5. The van der Waals surface area contributed by atoms with Gasteiger partial charge in [0.15, 0.2) is 0 Å². The molecule has 2 aliphatic rings.